The zero-order valence-corrected chi connectivity index (χ0v) is 30.0. The molecule has 0 heterocycles. The molecule has 0 aliphatic carbocycles. The third-order valence-corrected chi connectivity index (χ3v) is 12.8. The van der Waals surface area contributed by atoms with Gasteiger partial charge < -0.3 is 28.1 Å². The van der Waals surface area contributed by atoms with Gasteiger partial charge in [-0.05, 0) is 62.2 Å². The Bertz CT molecular complexity index is 1170. The van der Waals surface area contributed by atoms with Crippen LogP contribution in [-0.4, -0.2) is 53.1 Å². The van der Waals surface area contributed by atoms with E-state index in [2.05, 4.69) is 40.4 Å². The fourth-order valence-electron chi connectivity index (χ4n) is 4.14. The fraction of sp³-hybridized carbons (Fsp3) is 0.541. The van der Waals surface area contributed by atoms with Crippen LogP contribution in [0, 0.1) is 5.41 Å². The Labute approximate surface area is 273 Å². The van der Waals surface area contributed by atoms with E-state index in [0.717, 1.165) is 16.9 Å². The molecule has 8 heteroatoms. The van der Waals surface area contributed by atoms with E-state index in [1.807, 2.05) is 87.5 Å². The smallest absolute Gasteiger partial charge is 0.315 e. The van der Waals surface area contributed by atoms with Gasteiger partial charge in [0.15, 0.2) is 8.32 Å². The highest BCUT2D eigenvalue weighted by Gasteiger charge is 2.37. The maximum atomic E-state index is 13.4. The average molecular weight is 641 g/mol. The molecule has 0 bridgehead atoms. The predicted octanol–water partition coefficient (Wildman–Crippen LogP) is 8.64. The van der Waals surface area contributed by atoms with Gasteiger partial charge in [-0.25, -0.2) is 0 Å². The number of carbonyl (C=O) groups excluding carboxylic acids is 1. The van der Waals surface area contributed by atoms with Crippen molar-refractivity contribution in [3.63, 3.8) is 0 Å². The van der Waals surface area contributed by atoms with Gasteiger partial charge in [0.1, 0.15) is 18.6 Å². The molecule has 45 heavy (non-hydrogen) atoms. The number of esters is 1. The van der Waals surface area contributed by atoms with Gasteiger partial charge in [0, 0.05) is 12.8 Å². The van der Waals surface area contributed by atoms with Crippen molar-refractivity contribution in [2.45, 2.75) is 104 Å². The lowest BCUT2D eigenvalue weighted by Crippen LogP contribution is -2.40. The van der Waals surface area contributed by atoms with Crippen LogP contribution in [0.3, 0.4) is 0 Å². The summed E-state index contributed by atoms with van der Waals surface area (Å²) in [6.07, 6.45) is 5.34. The summed E-state index contributed by atoms with van der Waals surface area (Å²) >= 11 is 0. The van der Waals surface area contributed by atoms with Crippen molar-refractivity contribution in [2.75, 3.05) is 20.5 Å². The predicted molar refractivity (Wildman–Crippen MR) is 184 cm³/mol. The minimum Gasteiger partial charge on any atom is -0.497 e. The van der Waals surface area contributed by atoms with Crippen molar-refractivity contribution in [1.29, 1.82) is 0 Å². The third kappa shape index (κ3) is 13.6. The molecule has 0 radical (unpaired) electrons. The molecule has 0 aliphatic rings. The number of benzene rings is 2. The second-order valence-corrected chi connectivity index (χ2v) is 18.3. The number of hydrogen-bond acceptors (Lipinski definition) is 7. The van der Waals surface area contributed by atoms with Gasteiger partial charge in [-0.1, -0.05) is 81.5 Å². The second kappa shape index (κ2) is 18.4. The molecule has 0 fully saturated rings. The zero-order chi connectivity index (χ0) is 33.5. The third-order valence-electron chi connectivity index (χ3n) is 8.28. The minimum atomic E-state index is -1.88. The summed E-state index contributed by atoms with van der Waals surface area (Å²) in [7, 11) is -0.241. The van der Waals surface area contributed by atoms with Crippen LogP contribution in [0.15, 0.2) is 79.4 Å². The molecule has 0 aromatic heterocycles. The molecular formula is C37H56O7Si. The highest BCUT2D eigenvalue weighted by atomic mass is 28.4. The van der Waals surface area contributed by atoms with Crippen molar-refractivity contribution in [1.82, 2.24) is 0 Å². The molecule has 0 unspecified atom stereocenters. The molecule has 2 aromatic rings. The zero-order valence-electron chi connectivity index (χ0n) is 29.0. The van der Waals surface area contributed by atoms with Crippen LogP contribution in [0.4, 0.5) is 0 Å². The van der Waals surface area contributed by atoms with Gasteiger partial charge >= 0.3 is 5.97 Å². The molecule has 0 aliphatic heterocycles. The molecule has 0 amide bonds. The van der Waals surface area contributed by atoms with Crippen LogP contribution in [-0.2, 0) is 41.4 Å². The Balaban J connectivity index is 2.06. The highest BCUT2D eigenvalue weighted by molar-refractivity contribution is 6.74. The lowest BCUT2D eigenvalue weighted by atomic mass is 9.93. The van der Waals surface area contributed by atoms with Crippen LogP contribution in [0.1, 0.15) is 65.5 Å². The first-order chi connectivity index (χ1) is 21.2. The van der Waals surface area contributed by atoms with Crippen LogP contribution >= 0.6 is 0 Å². The Morgan fingerprint density at radius 1 is 0.933 bits per heavy atom. The first-order valence-electron chi connectivity index (χ1n) is 15.8. The molecule has 2 aromatic carbocycles. The summed E-state index contributed by atoms with van der Waals surface area (Å²) < 4.78 is 35.8. The summed E-state index contributed by atoms with van der Waals surface area (Å²) in [4.78, 5) is 13.4. The van der Waals surface area contributed by atoms with Crippen LogP contribution in [0.5, 0.6) is 5.75 Å². The van der Waals surface area contributed by atoms with Gasteiger partial charge in [0.05, 0.1) is 44.6 Å². The maximum absolute atomic E-state index is 13.4. The fourth-order valence-corrected chi connectivity index (χ4v) is 5.09. The molecule has 0 saturated heterocycles. The number of carbonyl (C=O) groups is 1. The monoisotopic (exact) mass is 640 g/mol. The van der Waals surface area contributed by atoms with Gasteiger partial charge in [-0.3, -0.25) is 4.79 Å². The van der Waals surface area contributed by atoms with Crippen LogP contribution in [0.2, 0.25) is 18.1 Å². The number of hydrogen-bond donors (Lipinski definition) is 0. The van der Waals surface area contributed by atoms with Gasteiger partial charge in [-0.15, -0.1) is 6.58 Å². The first kappa shape index (κ1) is 38.4. The highest BCUT2D eigenvalue weighted by Crippen LogP contribution is 2.36. The summed E-state index contributed by atoms with van der Waals surface area (Å²) in [5.74, 6) is 0.468. The minimum absolute atomic E-state index is 0.110. The molecule has 250 valence electrons. The van der Waals surface area contributed by atoms with Gasteiger partial charge in [0.2, 0.25) is 0 Å². The lowest BCUT2D eigenvalue weighted by molar-refractivity contribution is -0.166. The van der Waals surface area contributed by atoms with E-state index < -0.39 is 19.8 Å². The summed E-state index contributed by atoms with van der Waals surface area (Å²) in [6, 6.07) is 17.7. The van der Waals surface area contributed by atoms with Crippen molar-refractivity contribution in [3.8, 4) is 5.75 Å². The van der Waals surface area contributed by atoms with E-state index in [0.29, 0.717) is 32.7 Å². The van der Waals surface area contributed by atoms with E-state index in [-0.39, 0.29) is 30.0 Å². The van der Waals surface area contributed by atoms with E-state index >= 15 is 0 Å². The standard InChI is InChI=1S/C37H56O7Si/c1-11-16-33(44-35(38)37(6,7)23-15-24-43-45(9,10)36(3,4)5)25-34(41-27-31-19-21-32(39-8)22-20-31)29(2)42-28-40-26-30-17-13-12-14-18-30/h11-15,17-23,29,33-34H,1,16,24-28H2,2-10H3/b23-15+/t29-,33+,34-/m1/s1. The van der Waals surface area contributed by atoms with E-state index in [1.165, 1.54) is 0 Å². The van der Waals surface area contributed by atoms with Gasteiger partial charge in [-0.2, -0.15) is 0 Å². The van der Waals surface area contributed by atoms with Crippen LogP contribution < -0.4 is 4.74 Å². The molecule has 0 saturated carbocycles. The average Bonchev–Trinajstić information content (AvgIpc) is 2.99. The first-order valence-corrected chi connectivity index (χ1v) is 18.7. The van der Waals surface area contributed by atoms with Crippen molar-refractivity contribution in [2.24, 2.45) is 5.41 Å². The van der Waals surface area contributed by atoms with E-state index in [1.54, 1.807) is 13.2 Å². The topological polar surface area (TPSA) is 72.5 Å². The van der Waals surface area contributed by atoms with Crippen molar-refractivity contribution >= 4 is 14.3 Å². The molecule has 0 spiro atoms. The van der Waals surface area contributed by atoms with Crippen molar-refractivity contribution in [3.05, 3.63) is 90.5 Å². The summed E-state index contributed by atoms with van der Waals surface area (Å²) in [6.45, 7) is 22.0. The maximum Gasteiger partial charge on any atom is 0.315 e. The second-order valence-electron chi connectivity index (χ2n) is 13.5. The van der Waals surface area contributed by atoms with E-state index in [9.17, 15) is 4.79 Å². The van der Waals surface area contributed by atoms with Crippen molar-refractivity contribution < 1.29 is 32.9 Å². The summed E-state index contributed by atoms with van der Waals surface area (Å²) in [5.41, 5.74) is 1.24. The van der Waals surface area contributed by atoms with Gasteiger partial charge in [0.25, 0.3) is 0 Å². The number of ether oxygens (including phenoxy) is 5. The number of rotatable bonds is 20. The SMILES string of the molecule is C=CC[C@@H](C[C@@H](OCc1ccc(OC)cc1)[C@@H](C)OCOCc1ccccc1)OC(=O)C(C)(C)/C=C/CO[Si](C)(C)C(C)(C)C. The lowest BCUT2D eigenvalue weighted by Gasteiger charge is -2.35. The largest absolute Gasteiger partial charge is 0.497 e. The normalized spacial score (nSPS) is 14.6. The van der Waals surface area contributed by atoms with E-state index in [4.69, 9.17) is 28.1 Å². The molecule has 0 N–H and O–H groups in total. The Morgan fingerprint density at radius 2 is 1.58 bits per heavy atom. The quantitative estimate of drug-likeness (QED) is 0.0472. The Morgan fingerprint density at radius 3 is 2.18 bits per heavy atom. The van der Waals surface area contributed by atoms with Crippen LogP contribution in [0.25, 0.3) is 0 Å². The molecule has 3 atom stereocenters. The number of methoxy groups -OCH3 is 1. The Hall–Kier alpha value is -2.75. The molecule has 2 rings (SSSR count). The summed E-state index contributed by atoms with van der Waals surface area (Å²) in [5, 5.41) is 0.119. The molecule has 7 nitrogen and oxygen atoms in total. The Kier molecular flexibility index (Phi) is 15.7. The molecular weight excluding hydrogens is 584 g/mol.